The van der Waals surface area contributed by atoms with E-state index in [1.807, 2.05) is 13.8 Å². The lowest BCUT2D eigenvalue weighted by atomic mass is 10.5. The molecule has 0 aromatic carbocycles. The van der Waals surface area contributed by atoms with Gasteiger partial charge < -0.3 is 14.2 Å². The van der Waals surface area contributed by atoms with Crippen molar-refractivity contribution >= 4 is 5.97 Å². The van der Waals surface area contributed by atoms with Gasteiger partial charge in [-0.15, -0.1) is 0 Å². The zero-order chi connectivity index (χ0) is 9.40. The Morgan fingerprint density at radius 3 is 2.50 bits per heavy atom. The highest BCUT2D eigenvalue weighted by Crippen LogP contribution is 1.87. The van der Waals surface area contributed by atoms with Gasteiger partial charge in [-0.3, -0.25) is 0 Å². The zero-order valence-electron chi connectivity index (χ0n) is 7.83. The summed E-state index contributed by atoms with van der Waals surface area (Å²) in [5.41, 5.74) is 0. The maximum absolute atomic E-state index is 10.5. The van der Waals surface area contributed by atoms with Crippen LogP contribution in [0.15, 0.2) is 0 Å². The molecule has 0 bridgehead atoms. The number of methoxy groups -OCH3 is 1. The number of rotatable bonds is 6. The van der Waals surface area contributed by atoms with Crippen LogP contribution in [0.5, 0.6) is 0 Å². The van der Waals surface area contributed by atoms with Crippen molar-refractivity contribution < 1.29 is 19.0 Å². The molecule has 0 saturated carbocycles. The van der Waals surface area contributed by atoms with Gasteiger partial charge in [0.1, 0.15) is 6.61 Å². The Labute approximate surface area is 72.8 Å². The molecule has 0 aliphatic carbocycles. The van der Waals surface area contributed by atoms with E-state index in [0.29, 0.717) is 13.2 Å². The first-order valence-electron chi connectivity index (χ1n) is 3.93. The lowest BCUT2D eigenvalue weighted by Crippen LogP contribution is -2.15. The second kappa shape index (κ2) is 7.06. The predicted molar refractivity (Wildman–Crippen MR) is 43.9 cm³/mol. The molecule has 0 aromatic heterocycles. The van der Waals surface area contributed by atoms with Crippen molar-refractivity contribution in [3.63, 3.8) is 0 Å². The van der Waals surface area contributed by atoms with E-state index in [1.165, 1.54) is 7.11 Å². The van der Waals surface area contributed by atoms with Crippen molar-refractivity contribution in [2.24, 2.45) is 0 Å². The van der Waals surface area contributed by atoms with E-state index in [2.05, 4.69) is 4.74 Å². The summed E-state index contributed by atoms with van der Waals surface area (Å²) in [5, 5.41) is 0. The molecule has 0 heterocycles. The quantitative estimate of drug-likeness (QED) is 0.439. The summed E-state index contributed by atoms with van der Waals surface area (Å²) in [6.45, 7) is 4.82. The highest BCUT2D eigenvalue weighted by atomic mass is 16.6. The number of esters is 1. The fraction of sp³-hybridized carbons (Fsp3) is 0.875. The van der Waals surface area contributed by atoms with Crippen LogP contribution < -0.4 is 0 Å². The monoisotopic (exact) mass is 176 g/mol. The summed E-state index contributed by atoms with van der Waals surface area (Å²) >= 11 is 0. The third kappa shape index (κ3) is 7.50. The summed E-state index contributed by atoms with van der Waals surface area (Å²) in [5.74, 6) is -0.362. The lowest BCUT2D eigenvalue weighted by Gasteiger charge is -2.06. The Hall–Kier alpha value is -0.610. The molecule has 0 atom stereocenters. The first-order valence-corrected chi connectivity index (χ1v) is 3.93. The maximum atomic E-state index is 10.5. The van der Waals surface area contributed by atoms with Crippen LogP contribution >= 0.6 is 0 Å². The smallest absolute Gasteiger partial charge is 0.331 e. The minimum Gasteiger partial charge on any atom is -0.467 e. The third-order valence-electron chi connectivity index (χ3n) is 1.13. The number of ether oxygens (including phenoxy) is 3. The van der Waals surface area contributed by atoms with E-state index in [4.69, 9.17) is 9.47 Å². The van der Waals surface area contributed by atoms with Crippen LogP contribution in [0.2, 0.25) is 0 Å². The van der Waals surface area contributed by atoms with Gasteiger partial charge in [0.15, 0.2) is 0 Å². The molecule has 4 nitrogen and oxygen atoms in total. The van der Waals surface area contributed by atoms with Crippen molar-refractivity contribution in [1.29, 1.82) is 0 Å². The summed E-state index contributed by atoms with van der Waals surface area (Å²) in [6.07, 6.45) is 0.201. The van der Waals surface area contributed by atoms with Gasteiger partial charge in [0.2, 0.25) is 0 Å². The van der Waals surface area contributed by atoms with Crippen LogP contribution in [0.4, 0.5) is 0 Å². The molecule has 0 amide bonds. The van der Waals surface area contributed by atoms with Crippen molar-refractivity contribution in [2.45, 2.75) is 20.0 Å². The first-order chi connectivity index (χ1) is 5.66. The summed E-state index contributed by atoms with van der Waals surface area (Å²) in [7, 11) is 1.33. The van der Waals surface area contributed by atoms with E-state index in [9.17, 15) is 4.79 Å². The van der Waals surface area contributed by atoms with Crippen LogP contribution in [-0.2, 0) is 19.0 Å². The molecule has 0 fully saturated rings. The SMILES string of the molecule is COC(=O)COCCOC(C)C. The van der Waals surface area contributed by atoms with Crippen LogP contribution in [0.1, 0.15) is 13.8 Å². The molecule has 0 rings (SSSR count). The summed E-state index contributed by atoms with van der Waals surface area (Å²) < 4.78 is 14.5. The van der Waals surface area contributed by atoms with E-state index in [-0.39, 0.29) is 18.7 Å². The van der Waals surface area contributed by atoms with Crippen molar-refractivity contribution in [2.75, 3.05) is 26.9 Å². The Kier molecular flexibility index (Phi) is 6.70. The van der Waals surface area contributed by atoms with E-state index < -0.39 is 0 Å². The molecule has 0 N–H and O–H groups in total. The summed E-state index contributed by atoms with van der Waals surface area (Å²) in [6, 6.07) is 0. The molecule has 0 aromatic rings. The molecule has 0 spiro atoms. The number of carbonyl (C=O) groups excluding carboxylic acids is 1. The fourth-order valence-corrected chi connectivity index (χ4v) is 0.557. The Morgan fingerprint density at radius 2 is 2.00 bits per heavy atom. The van der Waals surface area contributed by atoms with Crippen molar-refractivity contribution in [1.82, 2.24) is 0 Å². The third-order valence-corrected chi connectivity index (χ3v) is 1.13. The van der Waals surface area contributed by atoms with Gasteiger partial charge >= 0.3 is 5.97 Å². The number of hydrogen-bond donors (Lipinski definition) is 0. The van der Waals surface area contributed by atoms with Gasteiger partial charge in [-0.2, -0.15) is 0 Å². The molecule has 0 unspecified atom stereocenters. The van der Waals surface area contributed by atoms with E-state index in [1.54, 1.807) is 0 Å². The fourth-order valence-electron chi connectivity index (χ4n) is 0.557. The molecule has 0 aliphatic heterocycles. The van der Waals surface area contributed by atoms with Crippen LogP contribution in [-0.4, -0.2) is 39.0 Å². The zero-order valence-corrected chi connectivity index (χ0v) is 7.83. The highest BCUT2D eigenvalue weighted by molar-refractivity contribution is 5.70. The van der Waals surface area contributed by atoms with Gasteiger partial charge in [-0.25, -0.2) is 4.79 Å². The Morgan fingerprint density at radius 1 is 1.33 bits per heavy atom. The average Bonchev–Trinajstić information content (AvgIpc) is 2.03. The van der Waals surface area contributed by atoms with Crippen LogP contribution in [0, 0.1) is 0 Å². The molecular formula is C8H16O4. The van der Waals surface area contributed by atoms with E-state index in [0.717, 1.165) is 0 Å². The van der Waals surface area contributed by atoms with Crippen molar-refractivity contribution in [3.05, 3.63) is 0 Å². The predicted octanol–water partition coefficient (Wildman–Crippen LogP) is 0.601. The highest BCUT2D eigenvalue weighted by Gasteiger charge is 1.99. The Balaban J connectivity index is 3.05. The minimum absolute atomic E-state index is 0.00203. The molecular weight excluding hydrogens is 160 g/mol. The number of carbonyl (C=O) groups is 1. The lowest BCUT2D eigenvalue weighted by molar-refractivity contribution is -0.146. The van der Waals surface area contributed by atoms with Gasteiger partial charge in [-0.05, 0) is 13.8 Å². The minimum atomic E-state index is -0.362. The van der Waals surface area contributed by atoms with E-state index >= 15 is 0 Å². The van der Waals surface area contributed by atoms with Crippen LogP contribution in [0.3, 0.4) is 0 Å². The first kappa shape index (κ1) is 11.4. The largest absolute Gasteiger partial charge is 0.467 e. The second-order valence-electron chi connectivity index (χ2n) is 2.55. The van der Waals surface area contributed by atoms with Gasteiger partial charge in [0.05, 0.1) is 26.4 Å². The number of hydrogen-bond acceptors (Lipinski definition) is 4. The standard InChI is InChI=1S/C8H16O4/c1-7(2)12-5-4-11-6-8(9)10-3/h7H,4-6H2,1-3H3. The molecule has 4 heteroatoms. The topological polar surface area (TPSA) is 44.8 Å². The van der Waals surface area contributed by atoms with Gasteiger partial charge in [0, 0.05) is 0 Å². The molecule has 72 valence electrons. The maximum Gasteiger partial charge on any atom is 0.331 e. The molecule has 0 saturated heterocycles. The van der Waals surface area contributed by atoms with Crippen LogP contribution in [0.25, 0.3) is 0 Å². The Bertz CT molecular complexity index is 122. The summed E-state index contributed by atoms with van der Waals surface area (Å²) in [4.78, 5) is 10.5. The second-order valence-corrected chi connectivity index (χ2v) is 2.55. The van der Waals surface area contributed by atoms with Gasteiger partial charge in [-0.1, -0.05) is 0 Å². The normalized spacial score (nSPS) is 10.3. The molecule has 0 aliphatic rings. The average molecular weight is 176 g/mol. The molecule has 0 radical (unpaired) electrons. The van der Waals surface area contributed by atoms with Gasteiger partial charge in [0.25, 0.3) is 0 Å². The van der Waals surface area contributed by atoms with Crippen molar-refractivity contribution in [3.8, 4) is 0 Å². The molecule has 12 heavy (non-hydrogen) atoms.